The van der Waals surface area contributed by atoms with Crippen molar-refractivity contribution in [3.05, 3.63) is 92.6 Å². The van der Waals surface area contributed by atoms with E-state index in [1.165, 1.54) is 0 Å². The molecule has 2 aromatic heterocycles. The van der Waals surface area contributed by atoms with E-state index in [0.717, 1.165) is 28.1 Å². The number of ether oxygens (including phenoxy) is 1. The maximum atomic E-state index is 13.1. The molecule has 0 saturated carbocycles. The lowest BCUT2D eigenvalue weighted by Crippen LogP contribution is -2.16. The average molecular weight is 479 g/mol. The van der Waals surface area contributed by atoms with Gasteiger partial charge in [0.1, 0.15) is 18.1 Å². The molecule has 0 aliphatic carbocycles. The van der Waals surface area contributed by atoms with E-state index >= 15 is 0 Å². The molecule has 0 bridgehead atoms. The zero-order valence-electron chi connectivity index (χ0n) is 19.9. The molecule has 0 saturated heterocycles. The highest BCUT2D eigenvalue weighted by atomic mass is 35.5. The van der Waals surface area contributed by atoms with E-state index in [1.807, 2.05) is 68.8 Å². The number of nitrogens with zero attached hydrogens (tertiary/aromatic N) is 3. The molecule has 2 heterocycles. The van der Waals surface area contributed by atoms with Crippen LogP contribution in [-0.2, 0) is 13.2 Å². The zero-order chi connectivity index (χ0) is 24.4. The van der Waals surface area contributed by atoms with Gasteiger partial charge >= 0.3 is 0 Å². The number of halogens is 1. The summed E-state index contributed by atoms with van der Waals surface area (Å²) in [5.41, 5.74) is 6.27. The fourth-order valence-electron chi connectivity index (χ4n) is 3.82. The molecule has 2 aromatic carbocycles. The molecule has 4 aromatic rings. The van der Waals surface area contributed by atoms with E-state index < -0.39 is 0 Å². The van der Waals surface area contributed by atoms with Crippen molar-refractivity contribution in [1.29, 1.82) is 0 Å². The average Bonchev–Trinajstić information content (AvgIpc) is 3.29. The van der Waals surface area contributed by atoms with Crippen LogP contribution in [0, 0.1) is 34.6 Å². The predicted molar refractivity (Wildman–Crippen MR) is 132 cm³/mol. The predicted octanol–water partition coefficient (Wildman–Crippen LogP) is 5.95. The summed E-state index contributed by atoms with van der Waals surface area (Å²) in [6.45, 7) is 10.3. The summed E-state index contributed by atoms with van der Waals surface area (Å²) in [6, 6.07) is 13.6. The number of rotatable bonds is 7. The first-order valence-electron chi connectivity index (χ1n) is 11.0. The van der Waals surface area contributed by atoms with Crippen molar-refractivity contribution in [3.8, 4) is 5.75 Å². The summed E-state index contributed by atoms with van der Waals surface area (Å²) in [5.74, 6) is 0.933. The van der Waals surface area contributed by atoms with Crippen molar-refractivity contribution in [2.24, 2.45) is 0 Å². The minimum Gasteiger partial charge on any atom is -0.488 e. The highest BCUT2D eigenvalue weighted by Crippen LogP contribution is 2.25. The first kappa shape index (κ1) is 23.6. The van der Waals surface area contributed by atoms with E-state index in [-0.39, 0.29) is 18.2 Å². The van der Waals surface area contributed by atoms with Crippen molar-refractivity contribution in [3.63, 3.8) is 0 Å². The van der Waals surface area contributed by atoms with E-state index in [4.69, 9.17) is 20.9 Å². The smallest absolute Gasteiger partial charge is 0.278 e. The Morgan fingerprint density at radius 1 is 1.09 bits per heavy atom. The molecule has 1 N–H and O–H groups in total. The van der Waals surface area contributed by atoms with Crippen LogP contribution in [0.4, 0.5) is 5.69 Å². The van der Waals surface area contributed by atoms with Crippen LogP contribution in [0.3, 0.4) is 0 Å². The molecule has 8 heteroatoms. The van der Waals surface area contributed by atoms with E-state index in [0.29, 0.717) is 34.3 Å². The van der Waals surface area contributed by atoms with Crippen molar-refractivity contribution < 1.29 is 14.1 Å². The third-order valence-corrected chi connectivity index (χ3v) is 6.02. The lowest BCUT2D eigenvalue weighted by molar-refractivity contribution is 0.101. The van der Waals surface area contributed by atoms with Crippen LogP contribution in [0.1, 0.15) is 49.9 Å². The second-order valence-corrected chi connectivity index (χ2v) is 8.84. The van der Waals surface area contributed by atoms with Gasteiger partial charge in [0.25, 0.3) is 5.91 Å². The van der Waals surface area contributed by atoms with Crippen LogP contribution in [-0.4, -0.2) is 20.8 Å². The quantitative estimate of drug-likeness (QED) is 0.355. The lowest BCUT2D eigenvalue weighted by atomic mass is 10.1. The number of carbonyl (C=O) groups excluding carboxylic acids is 1. The van der Waals surface area contributed by atoms with E-state index in [9.17, 15) is 4.79 Å². The SMILES string of the molecule is Cc1ccc(OCc2c(C(=O)Nc3c(C)nn(Cc4ccc(Cl)cc4)c3C)noc2C)c(C)c1. The van der Waals surface area contributed by atoms with Gasteiger partial charge < -0.3 is 14.6 Å². The van der Waals surface area contributed by atoms with Crippen LogP contribution >= 0.6 is 11.6 Å². The Morgan fingerprint density at radius 2 is 1.82 bits per heavy atom. The van der Waals surface area contributed by atoms with Crippen LogP contribution in [0.15, 0.2) is 47.0 Å². The summed E-state index contributed by atoms with van der Waals surface area (Å²) < 4.78 is 13.2. The second-order valence-electron chi connectivity index (χ2n) is 8.41. The van der Waals surface area contributed by atoms with Gasteiger partial charge in [-0.3, -0.25) is 9.48 Å². The Balaban J connectivity index is 1.51. The molecule has 0 atom stereocenters. The fraction of sp³-hybridized carbons (Fsp3) is 0.269. The van der Waals surface area contributed by atoms with Gasteiger partial charge in [-0.15, -0.1) is 0 Å². The van der Waals surface area contributed by atoms with Crippen LogP contribution in [0.5, 0.6) is 5.75 Å². The van der Waals surface area contributed by atoms with Gasteiger partial charge in [-0.25, -0.2) is 0 Å². The zero-order valence-corrected chi connectivity index (χ0v) is 20.7. The number of anilines is 1. The monoisotopic (exact) mass is 478 g/mol. The van der Waals surface area contributed by atoms with Crippen molar-refractivity contribution in [2.45, 2.75) is 47.8 Å². The summed E-state index contributed by atoms with van der Waals surface area (Å²) >= 11 is 5.98. The topological polar surface area (TPSA) is 82.2 Å². The number of aryl methyl sites for hydroxylation is 4. The molecule has 0 radical (unpaired) electrons. The number of aromatic nitrogens is 3. The van der Waals surface area contributed by atoms with Crippen molar-refractivity contribution in [2.75, 3.05) is 5.32 Å². The van der Waals surface area contributed by atoms with Gasteiger partial charge in [0.15, 0.2) is 5.69 Å². The summed E-state index contributed by atoms with van der Waals surface area (Å²) in [6.07, 6.45) is 0. The van der Waals surface area contributed by atoms with Crippen LogP contribution in [0.2, 0.25) is 5.02 Å². The van der Waals surface area contributed by atoms with Crippen molar-refractivity contribution >= 4 is 23.2 Å². The number of carbonyl (C=O) groups is 1. The maximum Gasteiger partial charge on any atom is 0.278 e. The summed E-state index contributed by atoms with van der Waals surface area (Å²) in [7, 11) is 0. The Morgan fingerprint density at radius 3 is 2.53 bits per heavy atom. The molecular weight excluding hydrogens is 452 g/mol. The third kappa shape index (κ3) is 4.99. The number of amides is 1. The second kappa shape index (κ2) is 9.73. The Labute approximate surface area is 203 Å². The molecule has 0 fully saturated rings. The van der Waals surface area contributed by atoms with E-state index in [1.54, 1.807) is 6.92 Å². The van der Waals surface area contributed by atoms with Crippen molar-refractivity contribution in [1.82, 2.24) is 14.9 Å². The molecule has 176 valence electrons. The van der Waals surface area contributed by atoms with Gasteiger partial charge in [0.2, 0.25) is 0 Å². The maximum absolute atomic E-state index is 13.1. The molecule has 34 heavy (non-hydrogen) atoms. The van der Waals surface area contributed by atoms with Crippen LogP contribution < -0.4 is 10.1 Å². The largest absolute Gasteiger partial charge is 0.488 e. The molecule has 0 aliphatic heterocycles. The number of nitrogens with one attached hydrogen (secondary N) is 1. The molecule has 0 aliphatic rings. The van der Waals surface area contributed by atoms with Gasteiger partial charge in [0, 0.05) is 5.02 Å². The minimum atomic E-state index is -0.367. The molecule has 0 spiro atoms. The number of hydrogen-bond acceptors (Lipinski definition) is 5. The van der Waals surface area contributed by atoms with E-state index in [2.05, 4.69) is 21.6 Å². The van der Waals surface area contributed by atoms with Crippen LogP contribution in [0.25, 0.3) is 0 Å². The molecular formula is C26H27ClN4O3. The molecule has 1 amide bonds. The Kier molecular flexibility index (Phi) is 6.75. The Bertz CT molecular complexity index is 1340. The highest BCUT2D eigenvalue weighted by molar-refractivity contribution is 6.30. The normalized spacial score (nSPS) is 11.0. The fourth-order valence-corrected chi connectivity index (χ4v) is 3.94. The first-order valence-corrected chi connectivity index (χ1v) is 11.4. The van der Waals surface area contributed by atoms with Gasteiger partial charge in [-0.1, -0.05) is 46.6 Å². The summed E-state index contributed by atoms with van der Waals surface area (Å²) in [5, 5.41) is 12.2. The Hall–Kier alpha value is -3.58. The minimum absolute atomic E-state index is 0.176. The molecule has 0 unspecified atom stereocenters. The van der Waals surface area contributed by atoms with Gasteiger partial charge in [-0.05, 0) is 63.9 Å². The number of hydrogen-bond donors (Lipinski definition) is 1. The first-order chi connectivity index (χ1) is 16.2. The number of benzene rings is 2. The third-order valence-electron chi connectivity index (χ3n) is 5.77. The lowest BCUT2D eigenvalue weighted by Gasteiger charge is -2.10. The molecule has 4 rings (SSSR count). The summed E-state index contributed by atoms with van der Waals surface area (Å²) in [4.78, 5) is 13.1. The standard InChI is InChI=1S/C26H27ClN4O3/c1-15-6-11-23(16(2)12-15)33-14-22-19(5)34-30-25(22)26(32)28-24-17(3)29-31(18(24)4)13-20-7-9-21(27)10-8-20/h6-12H,13-14H2,1-5H3,(H,28,32). The van der Waals surface area contributed by atoms with Gasteiger partial charge in [0.05, 0.1) is 29.2 Å². The van der Waals surface area contributed by atoms with Gasteiger partial charge in [-0.2, -0.15) is 5.10 Å². The highest BCUT2D eigenvalue weighted by Gasteiger charge is 2.23. The molecule has 7 nitrogen and oxygen atoms in total.